The van der Waals surface area contributed by atoms with Gasteiger partial charge in [-0.2, -0.15) is 0 Å². The van der Waals surface area contributed by atoms with Gasteiger partial charge in [-0.25, -0.2) is 4.79 Å². The summed E-state index contributed by atoms with van der Waals surface area (Å²) >= 11 is 0. The van der Waals surface area contributed by atoms with Gasteiger partial charge in [-0.05, 0) is 41.5 Å². The maximum absolute atomic E-state index is 11.7. The molecular formula is C15H16N2O. The second-order valence-electron chi connectivity index (χ2n) is 5.31. The summed E-state index contributed by atoms with van der Waals surface area (Å²) in [4.78, 5) is 13.7. The summed E-state index contributed by atoms with van der Waals surface area (Å²) in [6.45, 7) is 1.66. The predicted octanol–water partition coefficient (Wildman–Crippen LogP) is 2.18. The molecule has 1 atom stereocenters. The first-order valence-electron chi connectivity index (χ1n) is 6.69. The van der Waals surface area contributed by atoms with Crippen molar-refractivity contribution in [2.24, 2.45) is 0 Å². The minimum Gasteiger partial charge on any atom is -0.336 e. The normalized spacial score (nSPS) is 25.4. The predicted molar refractivity (Wildman–Crippen MR) is 70.2 cm³/mol. The lowest BCUT2D eigenvalue weighted by Crippen LogP contribution is -2.40. The standard InChI is InChI=1S/C15H16N2O/c18-15-16-9-14-13-6-5-10-3-1-2-4-11(10)12(13)7-8-17(14)15/h1-4,14H,5-9H2,(H,16,18). The zero-order valence-corrected chi connectivity index (χ0v) is 10.3. The van der Waals surface area contributed by atoms with Crippen molar-refractivity contribution in [2.75, 3.05) is 13.1 Å². The van der Waals surface area contributed by atoms with Crippen LogP contribution in [0.3, 0.4) is 0 Å². The molecule has 18 heavy (non-hydrogen) atoms. The van der Waals surface area contributed by atoms with Crippen LogP contribution in [0.2, 0.25) is 0 Å². The Kier molecular flexibility index (Phi) is 2.04. The number of amides is 2. The van der Waals surface area contributed by atoms with Crippen LogP contribution in [0.15, 0.2) is 29.8 Å². The van der Waals surface area contributed by atoms with Gasteiger partial charge in [-0.1, -0.05) is 24.3 Å². The van der Waals surface area contributed by atoms with Crippen LogP contribution in [0.25, 0.3) is 5.57 Å². The molecule has 3 heteroatoms. The number of nitrogens with one attached hydrogen (secondary N) is 1. The SMILES string of the molecule is O=C1NCC2C3=C(CCN12)c1ccccc1CC3. The lowest BCUT2D eigenvalue weighted by atomic mass is 9.79. The van der Waals surface area contributed by atoms with Crippen LogP contribution in [0.1, 0.15) is 24.0 Å². The number of carbonyl (C=O) groups is 1. The number of rotatable bonds is 0. The van der Waals surface area contributed by atoms with Gasteiger partial charge in [0, 0.05) is 13.1 Å². The van der Waals surface area contributed by atoms with E-state index in [0.29, 0.717) is 6.04 Å². The quantitative estimate of drug-likeness (QED) is 0.740. The Morgan fingerprint density at radius 2 is 2.06 bits per heavy atom. The summed E-state index contributed by atoms with van der Waals surface area (Å²) in [5, 5.41) is 2.97. The lowest BCUT2D eigenvalue weighted by Gasteiger charge is -2.36. The number of fused-ring (bicyclic) bond motifs is 4. The number of hydrogen-bond acceptors (Lipinski definition) is 1. The maximum Gasteiger partial charge on any atom is 0.318 e. The highest BCUT2D eigenvalue weighted by molar-refractivity contribution is 5.82. The summed E-state index contributed by atoms with van der Waals surface area (Å²) in [6, 6.07) is 9.16. The number of aryl methyl sites for hydroxylation is 1. The van der Waals surface area contributed by atoms with Crippen LogP contribution >= 0.6 is 0 Å². The van der Waals surface area contributed by atoms with Gasteiger partial charge in [0.25, 0.3) is 0 Å². The van der Waals surface area contributed by atoms with Crippen molar-refractivity contribution in [3.63, 3.8) is 0 Å². The van der Waals surface area contributed by atoms with Crippen molar-refractivity contribution in [3.05, 3.63) is 41.0 Å². The number of nitrogens with zero attached hydrogens (tertiary/aromatic N) is 1. The zero-order valence-electron chi connectivity index (χ0n) is 10.3. The molecule has 2 aliphatic heterocycles. The molecule has 2 heterocycles. The molecule has 1 fully saturated rings. The first kappa shape index (κ1) is 10.2. The number of urea groups is 1. The molecule has 92 valence electrons. The number of carbonyl (C=O) groups excluding carboxylic acids is 1. The smallest absolute Gasteiger partial charge is 0.318 e. The molecule has 1 aromatic rings. The van der Waals surface area contributed by atoms with Gasteiger partial charge >= 0.3 is 6.03 Å². The van der Waals surface area contributed by atoms with Crippen molar-refractivity contribution < 1.29 is 4.79 Å². The van der Waals surface area contributed by atoms with Gasteiger partial charge in [0.2, 0.25) is 0 Å². The Balaban J connectivity index is 1.83. The summed E-state index contributed by atoms with van der Waals surface area (Å²) in [6.07, 6.45) is 3.24. The monoisotopic (exact) mass is 240 g/mol. The van der Waals surface area contributed by atoms with Crippen molar-refractivity contribution in [2.45, 2.75) is 25.3 Å². The molecule has 1 aliphatic carbocycles. The summed E-state index contributed by atoms with van der Waals surface area (Å²) in [5.41, 5.74) is 5.91. The van der Waals surface area contributed by atoms with E-state index in [2.05, 4.69) is 29.6 Å². The minimum absolute atomic E-state index is 0.116. The Hall–Kier alpha value is -1.77. The molecule has 3 nitrogen and oxygen atoms in total. The van der Waals surface area contributed by atoms with Crippen LogP contribution in [-0.2, 0) is 6.42 Å². The second kappa shape index (κ2) is 3.61. The van der Waals surface area contributed by atoms with Crippen LogP contribution in [0.4, 0.5) is 4.79 Å². The Bertz CT molecular complexity index is 561. The third-order valence-corrected chi connectivity index (χ3v) is 4.48. The van der Waals surface area contributed by atoms with Crippen LogP contribution in [0, 0.1) is 0 Å². The summed E-state index contributed by atoms with van der Waals surface area (Å²) in [7, 11) is 0. The van der Waals surface area contributed by atoms with Crippen molar-refractivity contribution in [3.8, 4) is 0 Å². The fourth-order valence-electron chi connectivity index (χ4n) is 3.63. The Morgan fingerprint density at radius 1 is 1.17 bits per heavy atom. The van der Waals surface area contributed by atoms with Crippen LogP contribution in [-0.4, -0.2) is 30.1 Å². The van der Waals surface area contributed by atoms with Crippen molar-refractivity contribution >= 4 is 11.6 Å². The summed E-state index contributed by atoms with van der Waals surface area (Å²) < 4.78 is 0. The van der Waals surface area contributed by atoms with Gasteiger partial charge < -0.3 is 10.2 Å². The molecule has 0 radical (unpaired) electrons. The minimum atomic E-state index is 0.116. The van der Waals surface area contributed by atoms with E-state index < -0.39 is 0 Å². The molecule has 1 N–H and O–H groups in total. The highest BCUT2D eigenvalue weighted by Crippen LogP contribution is 2.40. The first-order valence-corrected chi connectivity index (χ1v) is 6.69. The third-order valence-electron chi connectivity index (χ3n) is 4.48. The van der Waals surface area contributed by atoms with E-state index >= 15 is 0 Å². The van der Waals surface area contributed by atoms with Crippen LogP contribution in [0.5, 0.6) is 0 Å². The van der Waals surface area contributed by atoms with Gasteiger partial charge in [-0.3, -0.25) is 0 Å². The van der Waals surface area contributed by atoms with E-state index in [0.717, 1.165) is 32.4 Å². The molecule has 1 unspecified atom stereocenters. The largest absolute Gasteiger partial charge is 0.336 e. The maximum atomic E-state index is 11.7. The van der Waals surface area contributed by atoms with E-state index in [1.165, 1.54) is 22.3 Å². The Labute approximate surface area is 106 Å². The molecule has 0 aromatic heterocycles. The molecule has 0 saturated carbocycles. The van der Waals surface area contributed by atoms with E-state index in [1.54, 1.807) is 0 Å². The van der Waals surface area contributed by atoms with E-state index in [4.69, 9.17) is 0 Å². The molecule has 1 saturated heterocycles. The molecule has 3 aliphatic rings. The van der Waals surface area contributed by atoms with E-state index in [-0.39, 0.29) is 6.03 Å². The lowest BCUT2D eigenvalue weighted by molar-refractivity contribution is 0.207. The topological polar surface area (TPSA) is 32.3 Å². The summed E-state index contributed by atoms with van der Waals surface area (Å²) in [5.74, 6) is 0. The highest BCUT2D eigenvalue weighted by Gasteiger charge is 2.38. The zero-order chi connectivity index (χ0) is 12.1. The average molecular weight is 240 g/mol. The van der Waals surface area contributed by atoms with Gasteiger partial charge in [0.1, 0.15) is 0 Å². The fraction of sp³-hybridized carbons (Fsp3) is 0.400. The van der Waals surface area contributed by atoms with Gasteiger partial charge in [-0.15, -0.1) is 0 Å². The first-order chi connectivity index (χ1) is 8.84. The highest BCUT2D eigenvalue weighted by atomic mass is 16.2. The van der Waals surface area contributed by atoms with Crippen molar-refractivity contribution in [1.82, 2.24) is 10.2 Å². The Morgan fingerprint density at radius 3 is 3.00 bits per heavy atom. The van der Waals surface area contributed by atoms with Crippen LogP contribution < -0.4 is 5.32 Å². The van der Waals surface area contributed by atoms with Crippen molar-refractivity contribution in [1.29, 1.82) is 0 Å². The molecule has 0 bridgehead atoms. The molecule has 0 spiro atoms. The van der Waals surface area contributed by atoms with Gasteiger partial charge in [0.15, 0.2) is 0 Å². The van der Waals surface area contributed by atoms with Gasteiger partial charge in [0.05, 0.1) is 6.04 Å². The molecule has 2 amide bonds. The fourth-order valence-corrected chi connectivity index (χ4v) is 3.63. The second-order valence-corrected chi connectivity index (χ2v) is 5.31. The number of benzene rings is 1. The molecule has 4 rings (SSSR count). The third kappa shape index (κ3) is 1.27. The van der Waals surface area contributed by atoms with E-state index in [1.807, 2.05) is 4.90 Å². The molecule has 1 aromatic carbocycles. The number of hydrogen-bond donors (Lipinski definition) is 1. The average Bonchev–Trinajstić information content (AvgIpc) is 2.80. The van der Waals surface area contributed by atoms with E-state index in [9.17, 15) is 4.79 Å². The molecular weight excluding hydrogens is 224 g/mol.